The molecule has 2 aromatic carbocycles. The molecule has 0 amide bonds. The molecule has 0 fully saturated rings. The third kappa shape index (κ3) is 3.59. The van der Waals surface area contributed by atoms with Gasteiger partial charge in [-0.05, 0) is 43.5 Å². The third-order valence-corrected chi connectivity index (χ3v) is 5.10. The lowest BCUT2D eigenvalue weighted by Crippen LogP contribution is -2.18. The lowest BCUT2D eigenvalue weighted by atomic mass is 10.1. The number of hydrogen-bond acceptors (Lipinski definition) is 7. The maximum atomic E-state index is 6.26. The van der Waals surface area contributed by atoms with Crippen LogP contribution in [0.2, 0.25) is 0 Å². The van der Waals surface area contributed by atoms with E-state index in [4.69, 9.17) is 9.47 Å². The number of halogens is 1. The van der Waals surface area contributed by atoms with E-state index in [-0.39, 0.29) is 0 Å². The Kier molecular flexibility index (Phi) is 5.18. The van der Waals surface area contributed by atoms with Crippen LogP contribution in [-0.4, -0.2) is 28.0 Å². The van der Waals surface area contributed by atoms with Gasteiger partial charge in [0.05, 0.1) is 12.2 Å². The number of hydrogen-bond donors (Lipinski definition) is 1. The van der Waals surface area contributed by atoms with Crippen LogP contribution in [0.4, 0.5) is 5.69 Å². The van der Waals surface area contributed by atoms with E-state index in [1.807, 2.05) is 55.6 Å². The van der Waals surface area contributed by atoms with Crippen molar-refractivity contribution in [1.82, 2.24) is 15.2 Å². The molecule has 1 N–H and O–H groups in total. The van der Waals surface area contributed by atoms with Crippen molar-refractivity contribution in [3.05, 3.63) is 52.5 Å². The van der Waals surface area contributed by atoms with Crippen molar-refractivity contribution < 1.29 is 9.47 Å². The molecule has 6 nitrogen and oxygen atoms in total. The van der Waals surface area contributed by atoms with Crippen LogP contribution in [0.15, 0.2) is 52.1 Å². The molecule has 0 saturated heterocycles. The Morgan fingerprint density at radius 3 is 2.89 bits per heavy atom. The van der Waals surface area contributed by atoms with E-state index in [1.54, 1.807) is 0 Å². The van der Waals surface area contributed by atoms with E-state index in [2.05, 4.69) is 36.4 Å². The molecule has 27 heavy (non-hydrogen) atoms. The van der Waals surface area contributed by atoms with Gasteiger partial charge in [-0.25, -0.2) is 0 Å². The first kappa shape index (κ1) is 18.1. The van der Waals surface area contributed by atoms with Crippen LogP contribution in [0.1, 0.15) is 18.7 Å². The number of thioether (sulfide) groups is 1. The van der Waals surface area contributed by atoms with Crippen molar-refractivity contribution in [3.63, 3.8) is 0 Å². The first-order chi connectivity index (χ1) is 13.2. The number of nitrogens with one attached hydrogen (secondary N) is 1. The Hall–Kier alpha value is -2.32. The summed E-state index contributed by atoms with van der Waals surface area (Å²) in [4.78, 5) is 4.54. The largest absolute Gasteiger partial charge is 0.493 e. The maximum Gasteiger partial charge on any atom is 0.247 e. The highest BCUT2D eigenvalue weighted by Crippen LogP contribution is 2.42. The fourth-order valence-corrected chi connectivity index (χ4v) is 3.54. The molecular weight excluding hydrogens is 428 g/mol. The molecule has 0 saturated carbocycles. The zero-order chi connectivity index (χ0) is 18.8. The van der Waals surface area contributed by atoms with Crippen LogP contribution in [-0.2, 0) is 0 Å². The summed E-state index contributed by atoms with van der Waals surface area (Å²) in [6.45, 7) is 2.53. The van der Waals surface area contributed by atoms with E-state index >= 15 is 0 Å². The summed E-state index contributed by atoms with van der Waals surface area (Å²) in [7, 11) is 0. The van der Waals surface area contributed by atoms with Gasteiger partial charge >= 0.3 is 0 Å². The summed E-state index contributed by atoms with van der Waals surface area (Å²) < 4.78 is 13.0. The number of para-hydroxylation sites is 1. The smallest absolute Gasteiger partial charge is 0.247 e. The number of benzene rings is 2. The summed E-state index contributed by atoms with van der Waals surface area (Å²) in [6, 6.07) is 13.8. The number of ether oxygens (including phenoxy) is 2. The topological polar surface area (TPSA) is 69.2 Å². The fourth-order valence-electron chi connectivity index (χ4n) is 2.88. The molecule has 1 atom stereocenters. The number of anilines is 1. The molecule has 2 heterocycles. The minimum atomic E-state index is -0.472. The number of nitrogens with zero attached hydrogens (tertiary/aromatic N) is 3. The minimum absolute atomic E-state index is 0.440. The SMILES string of the molecule is CCOc1ccccc1C1Nc2ccc(Br)cc2-c2nnc(SC)nc2O1. The van der Waals surface area contributed by atoms with Crippen LogP contribution >= 0.6 is 27.7 Å². The van der Waals surface area contributed by atoms with Crippen LogP contribution < -0.4 is 14.8 Å². The second kappa shape index (κ2) is 7.74. The van der Waals surface area contributed by atoms with Gasteiger partial charge in [0.25, 0.3) is 0 Å². The predicted molar refractivity (Wildman–Crippen MR) is 109 cm³/mol. The molecule has 0 spiro atoms. The molecule has 8 heteroatoms. The lowest BCUT2D eigenvalue weighted by Gasteiger charge is -2.21. The standard InChI is InChI=1S/C19H17BrN4O2S/c1-3-25-15-7-5-4-6-12(15)17-21-14-9-8-11(20)10-13(14)16-18(26-17)22-19(27-2)24-23-16/h4-10,17,21H,3H2,1-2H3. The predicted octanol–water partition coefficient (Wildman–Crippen LogP) is 4.92. The third-order valence-electron chi connectivity index (χ3n) is 4.07. The molecule has 1 aliphatic rings. The molecule has 1 aromatic heterocycles. The average molecular weight is 445 g/mol. The highest BCUT2D eigenvalue weighted by Gasteiger charge is 2.28. The van der Waals surface area contributed by atoms with Crippen molar-refractivity contribution >= 4 is 33.4 Å². The molecule has 1 aliphatic heterocycles. The summed E-state index contributed by atoms with van der Waals surface area (Å²) in [5.74, 6) is 1.21. The van der Waals surface area contributed by atoms with Crippen molar-refractivity contribution in [1.29, 1.82) is 0 Å². The second-order valence-electron chi connectivity index (χ2n) is 5.76. The first-order valence-electron chi connectivity index (χ1n) is 8.43. The average Bonchev–Trinajstić information content (AvgIpc) is 2.84. The maximum absolute atomic E-state index is 6.26. The van der Waals surface area contributed by atoms with Gasteiger partial charge in [-0.15, -0.1) is 10.2 Å². The van der Waals surface area contributed by atoms with E-state index in [1.165, 1.54) is 11.8 Å². The minimum Gasteiger partial charge on any atom is -0.493 e. The summed E-state index contributed by atoms with van der Waals surface area (Å²) in [5, 5.41) is 12.6. The van der Waals surface area contributed by atoms with Crippen molar-refractivity contribution in [2.45, 2.75) is 18.3 Å². The monoisotopic (exact) mass is 444 g/mol. The first-order valence-corrected chi connectivity index (χ1v) is 10.4. The van der Waals surface area contributed by atoms with Gasteiger partial charge in [-0.1, -0.05) is 39.8 Å². The van der Waals surface area contributed by atoms with Gasteiger partial charge in [0.1, 0.15) is 5.75 Å². The molecule has 0 aliphatic carbocycles. The number of rotatable bonds is 4. The molecular formula is C19H17BrN4O2S. The highest BCUT2D eigenvalue weighted by atomic mass is 79.9. The van der Waals surface area contributed by atoms with Crippen molar-refractivity contribution in [2.75, 3.05) is 18.2 Å². The van der Waals surface area contributed by atoms with Gasteiger partial charge in [0.15, 0.2) is 5.69 Å². The van der Waals surface area contributed by atoms with E-state index in [9.17, 15) is 0 Å². The van der Waals surface area contributed by atoms with Crippen LogP contribution in [0.5, 0.6) is 11.6 Å². The van der Waals surface area contributed by atoms with Gasteiger partial charge in [-0.2, -0.15) is 4.98 Å². The Bertz CT molecular complexity index is 986. The summed E-state index contributed by atoms with van der Waals surface area (Å²) in [5.41, 5.74) is 3.27. The van der Waals surface area contributed by atoms with Gasteiger partial charge in [-0.3, -0.25) is 0 Å². The molecule has 0 bridgehead atoms. The Balaban J connectivity index is 1.87. The summed E-state index contributed by atoms with van der Waals surface area (Å²) in [6.07, 6.45) is 1.44. The number of fused-ring (bicyclic) bond motifs is 3. The van der Waals surface area contributed by atoms with Crippen molar-refractivity contribution in [2.24, 2.45) is 0 Å². The normalized spacial score (nSPS) is 15.0. The Morgan fingerprint density at radius 2 is 2.07 bits per heavy atom. The molecule has 138 valence electrons. The van der Waals surface area contributed by atoms with Gasteiger partial charge in [0.2, 0.25) is 17.3 Å². The Morgan fingerprint density at radius 1 is 1.22 bits per heavy atom. The zero-order valence-corrected chi connectivity index (χ0v) is 17.2. The summed E-state index contributed by atoms with van der Waals surface area (Å²) >= 11 is 4.95. The van der Waals surface area contributed by atoms with Gasteiger partial charge < -0.3 is 14.8 Å². The zero-order valence-electron chi connectivity index (χ0n) is 14.8. The lowest BCUT2D eigenvalue weighted by molar-refractivity contribution is 0.217. The van der Waals surface area contributed by atoms with Crippen LogP contribution in [0.25, 0.3) is 11.3 Å². The second-order valence-corrected chi connectivity index (χ2v) is 7.44. The molecule has 4 rings (SSSR count). The fraction of sp³-hybridized carbons (Fsp3) is 0.211. The van der Waals surface area contributed by atoms with E-state index in [0.29, 0.717) is 23.3 Å². The Labute approximate surface area is 169 Å². The molecule has 3 aromatic rings. The van der Waals surface area contributed by atoms with Crippen LogP contribution in [0.3, 0.4) is 0 Å². The highest BCUT2D eigenvalue weighted by molar-refractivity contribution is 9.10. The quantitative estimate of drug-likeness (QED) is 0.572. The van der Waals surface area contributed by atoms with Gasteiger partial charge in [0, 0.05) is 15.7 Å². The number of aromatic nitrogens is 3. The van der Waals surface area contributed by atoms with Crippen molar-refractivity contribution in [3.8, 4) is 22.9 Å². The van der Waals surface area contributed by atoms with Crippen LogP contribution in [0, 0.1) is 0 Å². The van der Waals surface area contributed by atoms with E-state index < -0.39 is 6.23 Å². The molecule has 0 radical (unpaired) electrons. The molecule has 1 unspecified atom stereocenters. The van der Waals surface area contributed by atoms with E-state index in [0.717, 1.165) is 27.0 Å².